The molecule has 0 radical (unpaired) electrons. The number of nitrogens with zero attached hydrogens (tertiary/aromatic N) is 1. The number of hydrogen-bond donors (Lipinski definition) is 3. The summed E-state index contributed by atoms with van der Waals surface area (Å²) in [7, 11) is 0. The van der Waals surface area contributed by atoms with Gasteiger partial charge in [-0.15, -0.1) is 0 Å². The quantitative estimate of drug-likeness (QED) is 0.399. The number of amides is 3. The summed E-state index contributed by atoms with van der Waals surface area (Å²) in [5.74, 6) is -0.832. The zero-order valence-electron chi connectivity index (χ0n) is 21.5. The minimum absolute atomic E-state index is 0.0654. The van der Waals surface area contributed by atoms with Crippen LogP contribution < -0.4 is 16.0 Å². The number of rotatable bonds is 11. The lowest BCUT2D eigenvalue weighted by Crippen LogP contribution is -2.53. The molecule has 9 nitrogen and oxygen atoms in total. The molecule has 0 spiro atoms. The predicted molar refractivity (Wildman–Crippen MR) is 139 cm³/mol. The van der Waals surface area contributed by atoms with Crippen LogP contribution in [0.2, 0.25) is 0 Å². The van der Waals surface area contributed by atoms with E-state index in [0.717, 1.165) is 22.8 Å². The highest BCUT2D eigenvalue weighted by atomic mass is 16.5. The molecule has 37 heavy (non-hydrogen) atoms. The highest BCUT2D eigenvalue weighted by molar-refractivity contribution is 5.91. The second kappa shape index (κ2) is 12.2. The fourth-order valence-electron chi connectivity index (χ4n) is 4.95. The van der Waals surface area contributed by atoms with Crippen LogP contribution in [0.5, 0.6) is 0 Å². The number of cyclic esters (lactones) is 1. The Kier molecular flexibility index (Phi) is 8.76. The number of esters is 1. The number of carbonyl (C=O) groups excluding carboxylic acids is 4. The van der Waals surface area contributed by atoms with Crippen LogP contribution in [-0.4, -0.2) is 66.4 Å². The first-order chi connectivity index (χ1) is 17.8. The zero-order valence-corrected chi connectivity index (χ0v) is 21.5. The van der Waals surface area contributed by atoms with Crippen molar-refractivity contribution in [3.63, 3.8) is 0 Å². The van der Waals surface area contributed by atoms with E-state index in [2.05, 4.69) is 48.0 Å². The van der Waals surface area contributed by atoms with E-state index in [1.54, 1.807) is 0 Å². The molecule has 3 amide bonds. The van der Waals surface area contributed by atoms with E-state index < -0.39 is 18.1 Å². The van der Waals surface area contributed by atoms with Crippen molar-refractivity contribution in [2.75, 3.05) is 19.7 Å². The Hall–Kier alpha value is -3.46. The molecule has 0 saturated carbocycles. The molecule has 2 fully saturated rings. The first-order valence-corrected chi connectivity index (χ1v) is 13.1. The minimum Gasteiger partial charge on any atom is -0.464 e. The lowest BCUT2D eigenvalue weighted by Gasteiger charge is -2.32. The maximum absolute atomic E-state index is 13.0. The summed E-state index contributed by atoms with van der Waals surface area (Å²) in [5.41, 5.74) is 1.07. The molecule has 2 saturated heterocycles. The van der Waals surface area contributed by atoms with Crippen LogP contribution in [0.4, 0.5) is 0 Å². The summed E-state index contributed by atoms with van der Waals surface area (Å²) in [6.45, 7) is 5.44. The number of carbonyl (C=O) groups is 4. The van der Waals surface area contributed by atoms with Gasteiger partial charge in [0.05, 0.1) is 13.2 Å². The fourth-order valence-corrected chi connectivity index (χ4v) is 4.95. The van der Waals surface area contributed by atoms with Gasteiger partial charge in [-0.1, -0.05) is 62.7 Å². The van der Waals surface area contributed by atoms with E-state index >= 15 is 0 Å². The molecular formula is C28H36N4O5. The van der Waals surface area contributed by atoms with Gasteiger partial charge in [-0.05, 0) is 28.7 Å². The monoisotopic (exact) mass is 508 g/mol. The number of ether oxygens (including phenoxy) is 1. The van der Waals surface area contributed by atoms with Gasteiger partial charge in [-0.3, -0.25) is 19.3 Å². The van der Waals surface area contributed by atoms with Gasteiger partial charge in [-0.2, -0.15) is 0 Å². The number of benzene rings is 2. The van der Waals surface area contributed by atoms with E-state index in [4.69, 9.17) is 4.74 Å². The van der Waals surface area contributed by atoms with Gasteiger partial charge in [0.25, 0.3) is 0 Å². The molecule has 2 aliphatic rings. The van der Waals surface area contributed by atoms with Gasteiger partial charge in [0.15, 0.2) is 0 Å². The van der Waals surface area contributed by atoms with Crippen LogP contribution in [0.25, 0.3) is 10.8 Å². The van der Waals surface area contributed by atoms with E-state index in [-0.39, 0.29) is 36.2 Å². The van der Waals surface area contributed by atoms with E-state index in [0.29, 0.717) is 39.0 Å². The summed E-state index contributed by atoms with van der Waals surface area (Å²) < 4.78 is 4.98. The Morgan fingerprint density at radius 3 is 2.62 bits per heavy atom. The molecule has 3 N–H and O–H groups in total. The van der Waals surface area contributed by atoms with Crippen molar-refractivity contribution < 1.29 is 23.9 Å². The van der Waals surface area contributed by atoms with Crippen LogP contribution in [0.3, 0.4) is 0 Å². The molecular weight excluding hydrogens is 472 g/mol. The van der Waals surface area contributed by atoms with Crippen molar-refractivity contribution in [1.29, 1.82) is 0 Å². The molecule has 0 aliphatic carbocycles. The lowest BCUT2D eigenvalue weighted by atomic mass is 9.97. The SMILES string of the molecule is CC[C@H](C)[C@@H](CN(CC(=O)N[C@H]1CCOC1=O)Cc1cccc2ccccc12)NC(=O)[C@@H]1CCC(=O)N1. The number of hydrogen-bond acceptors (Lipinski definition) is 6. The fraction of sp³-hybridized carbons (Fsp3) is 0.500. The Balaban J connectivity index is 1.53. The molecule has 4 atom stereocenters. The summed E-state index contributed by atoms with van der Waals surface area (Å²) >= 11 is 0. The zero-order chi connectivity index (χ0) is 26.4. The maximum atomic E-state index is 13.0. The van der Waals surface area contributed by atoms with Gasteiger partial charge < -0.3 is 20.7 Å². The first-order valence-electron chi connectivity index (χ1n) is 13.1. The van der Waals surface area contributed by atoms with Crippen molar-refractivity contribution in [2.45, 2.75) is 64.2 Å². The molecule has 2 aliphatic heterocycles. The Labute approximate surface area is 217 Å². The molecule has 0 bridgehead atoms. The molecule has 2 heterocycles. The van der Waals surface area contributed by atoms with Crippen molar-refractivity contribution >= 4 is 34.5 Å². The summed E-state index contributed by atoms with van der Waals surface area (Å²) in [6.07, 6.45) is 2.14. The average molecular weight is 509 g/mol. The van der Waals surface area contributed by atoms with E-state index in [9.17, 15) is 19.2 Å². The topological polar surface area (TPSA) is 117 Å². The second-order valence-electron chi connectivity index (χ2n) is 10.0. The highest BCUT2D eigenvalue weighted by Crippen LogP contribution is 2.21. The second-order valence-corrected chi connectivity index (χ2v) is 10.0. The largest absolute Gasteiger partial charge is 0.464 e. The van der Waals surface area contributed by atoms with Crippen LogP contribution in [-0.2, 0) is 30.5 Å². The Morgan fingerprint density at radius 2 is 1.92 bits per heavy atom. The Morgan fingerprint density at radius 1 is 1.14 bits per heavy atom. The van der Waals surface area contributed by atoms with Crippen molar-refractivity contribution in [2.24, 2.45) is 5.92 Å². The first kappa shape index (κ1) is 26.6. The smallest absolute Gasteiger partial charge is 0.328 e. The third kappa shape index (κ3) is 6.85. The van der Waals surface area contributed by atoms with Crippen LogP contribution >= 0.6 is 0 Å². The Bertz CT molecular complexity index is 1150. The normalized spacial score (nSPS) is 20.9. The van der Waals surface area contributed by atoms with Gasteiger partial charge >= 0.3 is 5.97 Å². The molecule has 0 unspecified atom stereocenters. The summed E-state index contributed by atoms with van der Waals surface area (Å²) in [4.78, 5) is 51.5. The third-order valence-electron chi connectivity index (χ3n) is 7.34. The number of fused-ring (bicyclic) bond motifs is 1. The predicted octanol–water partition coefficient (Wildman–Crippen LogP) is 1.88. The molecule has 9 heteroatoms. The third-order valence-corrected chi connectivity index (χ3v) is 7.34. The van der Waals surface area contributed by atoms with Gasteiger partial charge in [-0.25, -0.2) is 4.79 Å². The molecule has 4 rings (SSSR count). The average Bonchev–Trinajstić information content (AvgIpc) is 3.51. The number of nitrogens with one attached hydrogen (secondary N) is 3. The van der Waals surface area contributed by atoms with Crippen LogP contribution in [0.15, 0.2) is 42.5 Å². The highest BCUT2D eigenvalue weighted by Gasteiger charge is 2.32. The van der Waals surface area contributed by atoms with E-state index in [1.165, 1.54) is 0 Å². The lowest BCUT2D eigenvalue weighted by molar-refractivity contribution is -0.141. The minimum atomic E-state index is -0.622. The maximum Gasteiger partial charge on any atom is 0.328 e. The van der Waals surface area contributed by atoms with Crippen molar-refractivity contribution in [1.82, 2.24) is 20.9 Å². The van der Waals surface area contributed by atoms with Crippen molar-refractivity contribution in [3.8, 4) is 0 Å². The molecule has 2 aromatic carbocycles. The van der Waals surface area contributed by atoms with Gasteiger partial charge in [0, 0.05) is 32.0 Å². The molecule has 0 aromatic heterocycles. The van der Waals surface area contributed by atoms with Crippen molar-refractivity contribution in [3.05, 3.63) is 48.0 Å². The van der Waals surface area contributed by atoms with Crippen LogP contribution in [0.1, 0.15) is 45.1 Å². The van der Waals surface area contributed by atoms with Crippen LogP contribution in [0, 0.1) is 5.92 Å². The molecule has 198 valence electrons. The van der Waals surface area contributed by atoms with Gasteiger partial charge in [0.1, 0.15) is 12.1 Å². The summed E-state index contributed by atoms with van der Waals surface area (Å²) in [6, 6.07) is 12.8. The van der Waals surface area contributed by atoms with E-state index in [1.807, 2.05) is 29.2 Å². The standard InChI is InChI=1S/C28H36N4O5/c1-3-18(2)24(31-27(35)22-11-12-25(33)29-22)16-32(17-26(34)30-23-13-14-37-28(23)36)15-20-9-6-8-19-7-4-5-10-21(19)20/h4-10,18,22-24H,3,11-17H2,1-2H3,(H,29,33)(H,30,34)(H,31,35)/t18-,22-,23-,24+/m0/s1. The van der Waals surface area contributed by atoms with Gasteiger partial charge in [0.2, 0.25) is 17.7 Å². The molecule has 2 aromatic rings. The summed E-state index contributed by atoms with van der Waals surface area (Å²) in [5, 5.41) is 10.9.